The largest absolute Gasteiger partial charge is 0.386 e. The molecule has 0 aromatic heterocycles. The minimum atomic E-state index is -0.576. The molecule has 0 saturated carbocycles. The third kappa shape index (κ3) is 5.38. The second-order valence-electron chi connectivity index (χ2n) is 6.48. The molecule has 0 aliphatic rings. The minimum absolute atomic E-state index is 0.130. The summed E-state index contributed by atoms with van der Waals surface area (Å²) in [7, 11) is 3.87. The standard InChI is InChI=1S/C17H29N3O/c1-7-18-16(20(5)6)19-12-15(21)13-8-10-14(11-9-13)17(2,3)4/h8-11,15,21H,7,12H2,1-6H3,(H,18,19). The first-order chi connectivity index (χ1) is 9.75. The van der Waals surface area contributed by atoms with Gasteiger partial charge in [-0.15, -0.1) is 0 Å². The zero-order chi connectivity index (χ0) is 16.0. The normalized spacial score (nSPS) is 14.0. The number of aliphatic hydroxyl groups is 1. The molecule has 0 saturated heterocycles. The molecular weight excluding hydrogens is 262 g/mol. The van der Waals surface area contributed by atoms with Crippen LogP contribution in [0.5, 0.6) is 0 Å². The van der Waals surface area contributed by atoms with Crippen LogP contribution in [0.25, 0.3) is 0 Å². The molecule has 1 aromatic rings. The molecule has 0 heterocycles. The Labute approximate surface area is 128 Å². The smallest absolute Gasteiger partial charge is 0.193 e. The maximum absolute atomic E-state index is 10.3. The Morgan fingerprint density at radius 2 is 1.81 bits per heavy atom. The Bertz CT molecular complexity index is 458. The first-order valence-corrected chi connectivity index (χ1v) is 7.50. The molecule has 118 valence electrons. The SMILES string of the molecule is CCNC(=NCC(O)c1ccc(C(C)(C)C)cc1)N(C)C. The van der Waals surface area contributed by atoms with Crippen molar-refractivity contribution in [3.63, 3.8) is 0 Å². The molecular formula is C17H29N3O. The molecule has 0 spiro atoms. The fourth-order valence-corrected chi connectivity index (χ4v) is 2.00. The molecule has 0 radical (unpaired) electrons. The van der Waals surface area contributed by atoms with Crippen LogP contribution >= 0.6 is 0 Å². The molecule has 0 aliphatic carbocycles. The lowest BCUT2D eigenvalue weighted by Gasteiger charge is -2.20. The molecule has 4 heteroatoms. The second kappa shape index (κ2) is 7.46. The van der Waals surface area contributed by atoms with Gasteiger partial charge in [-0.25, -0.2) is 0 Å². The van der Waals surface area contributed by atoms with Crippen molar-refractivity contribution >= 4 is 5.96 Å². The third-order valence-corrected chi connectivity index (χ3v) is 3.33. The molecule has 2 N–H and O–H groups in total. The van der Waals surface area contributed by atoms with Crippen molar-refractivity contribution in [2.45, 2.75) is 39.2 Å². The summed E-state index contributed by atoms with van der Waals surface area (Å²) in [5, 5.41) is 13.4. The molecule has 0 fully saturated rings. The fourth-order valence-electron chi connectivity index (χ4n) is 2.00. The van der Waals surface area contributed by atoms with Crippen molar-refractivity contribution in [2.75, 3.05) is 27.2 Å². The van der Waals surface area contributed by atoms with Gasteiger partial charge < -0.3 is 15.3 Å². The van der Waals surface area contributed by atoms with E-state index in [0.717, 1.165) is 18.1 Å². The van der Waals surface area contributed by atoms with Crippen LogP contribution in [0.1, 0.15) is 44.9 Å². The Morgan fingerprint density at radius 3 is 2.24 bits per heavy atom. The number of benzene rings is 1. The predicted octanol–water partition coefficient (Wildman–Crippen LogP) is 2.54. The highest BCUT2D eigenvalue weighted by molar-refractivity contribution is 5.79. The highest BCUT2D eigenvalue weighted by atomic mass is 16.3. The molecule has 0 aliphatic heterocycles. The molecule has 1 rings (SSSR count). The van der Waals surface area contributed by atoms with Crippen molar-refractivity contribution < 1.29 is 5.11 Å². The van der Waals surface area contributed by atoms with Crippen LogP contribution in [-0.4, -0.2) is 43.2 Å². The van der Waals surface area contributed by atoms with Gasteiger partial charge in [0.25, 0.3) is 0 Å². The van der Waals surface area contributed by atoms with Crippen molar-refractivity contribution in [3.05, 3.63) is 35.4 Å². The highest BCUT2D eigenvalue weighted by Crippen LogP contribution is 2.24. The summed E-state index contributed by atoms with van der Waals surface area (Å²) in [6.45, 7) is 9.75. The first kappa shape index (κ1) is 17.5. The van der Waals surface area contributed by atoms with E-state index in [-0.39, 0.29) is 5.41 Å². The van der Waals surface area contributed by atoms with Gasteiger partial charge in [0, 0.05) is 20.6 Å². The summed E-state index contributed by atoms with van der Waals surface area (Å²) in [4.78, 5) is 6.36. The van der Waals surface area contributed by atoms with Crippen LogP contribution in [0.2, 0.25) is 0 Å². The Morgan fingerprint density at radius 1 is 1.24 bits per heavy atom. The molecule has 0 bridgehead atoms. The number of nitrogens with zero attached hydrogens (tertiary/aromatic N) is 2. The van der Waals surface area contributed by atoms with E-state index in [4.69, 9.17) is 0 Å². The van der Waals surface area contributed by atoms with E-state index in [0.29, 0.717) is 6.54 Å². The number of aliphatic hydroxyl groups excluding tert-OH is 1. The van der Waals surface area contributed by atoms with E-state index in [1.165, 1.54) is 5.56 Å². The zero-order valence-electron chi connectivity index (χ0n) is 14.1. The lowest BCUT2D eigenvalue weighted by atomic mass is 9.86. The maximum atomic E-state index is 10.3. The number of hydrogen-bond acceptors (Lipinski definition) is 2. The average Bonchev–Trinajstić information content (AvgIpc) is 2.42. The number of aliphatic imine (C=N–C) groups is 1. The van der Waals surface area contributed by atoms with Crippen LogP contribution in [0.4, 0.5) is 0 Å². The van der Waals surface area contributed by atoms with E-state index in [1.54, 1.807) is 0 Å². The third-order valence-electron chi connectivity index (χ3n) is 3.33. The van der Waals surface area contributed by atoms with Gasteiger partial charge in [0.2, 0.25) is 0 Å². The van der Waals surface area contributed by atoms with Crippen molar-refractivity contribution in [1.29, 1.82) is 0 Å². The van der Waals surface area contributed by atoms with E-state index in [2.05, 4.69) is 43.2 Å². The van der Waals surface area contributed by atoms with E-state index in [1.807, 2.05) is 38.1 Å². The summed E-state index contributed by atoms with van der Waals surface area (Å²) in [5.74, 6) is 0.794. The Balaban J connectivity index is 2.75. The van der Waals surface area contributed by atoms with E-state index >= 15 is 0 Å². The molecule has 1 aromatic carbocycles. The van der Waals surface area contributed by atoms with Gasteiger partial charge in [0.05, 0.1) is 12.6 Å². The Hall–Kier alpha value is -1.55. The van der Waals surface area contributed by atoms with E-state index in [9.17, 15) is 5.11 Å². The molecule has 1 atom stereocenters. The summed E-state index contributed by atoms with van der Waals surface area (Å²) >= 11 is 0. The topological polar surface area (TPSA) is 47.9 Å². The summed E-state index contributed by atoms with van der Waals surface area (Å²) < 4.78 is 0. The molecule has 4 nitrogen and oxygen atoms in total. The van der Waals surface area contributed by atoms with Gasteiger partial charge in [0.1, 0.15) is 0 Å². The molecule has 0 amide bonds. The van der Waals surface area contributed by atoms with Gasteiger partial charge in [-0.3, -0.25) is 4.99 Å². The average molecular weight is 291 g/mol. The highest BCUT2D eigenvalue weighted by Gasteiger charge is 2.14. The van der Waals surface area contributed by atoms with Crippen LogP contribution in [0.15, 0.2) is 29.3 Å². The maximum Gasteiger partial charge on any atom is 0.193 e. The number of rotatable bonds is 4. The van der Waals surface area contributed by atoms with Crippen molar-refractivity contribution in [2.24, 2.45) is 4.99 Å². The lowest BCUT2D eigenvalue weighted by Crippen LogP contribution is -2.36. The number of hydrogen-bond donors (Lipinski definition) is 2. The van der Waals surface area contributed by atoms with Crippen molar-refractivity contribution in [3.8, 4) is 0 Å². The van der Waals surface area contributed by atoms with E-state index < -0.39 is 6.10 Å². The van der Waals surface area contributed by atoms with Crippen LogP contribution < -0.4 is 5.32 Å². The predicted molar refractivity (Wildman–Crippen MR) is 89.8 cm³/mol. The van der Waals surface area contributed by atoms with Crippen LogP contribution in [-0.2, 0) is 5.41 Å². The molecule has 1 unspecified atom stereocenters. The van der Waals surface area contributed by atoms with Crippen LogP contribution in [0.3, 0.4) is 0 Å². The lowest BCUT2D eigenvalue weighted by molar-refractivity contribution is 0.186. The van der Waals surface area contributed by atoms with Gasteiger partial charge >= 0.3 is 0 Å². The fraction of sp³-hybridized carbons (Fsp3) is 0.588. The van der Waals surface area contributed by atoms with Crippen LogP contribution in [0, 0.1) is 0 Å². The van der Waals surface area contributed by atoms with Gasteiger partial charge in [-0.05, 0) is 23.5 Å². The second-order valence-corrected chi connectivity index (χ2v) is 6.48. The monoisotopic (exact) mass is 291 g/mol. The Kier molecular flexibility index (Phi) is 6.21. The molecule has 21 heavy (non-hydrogen) atoms. The first-order valence-electron chi connectivity index (χ1n) is 7.50. The van der Waals surface area contributed by atoms with Gasteiger partial charge in [0.15, 0.2) is 5.96 Å². The minimum Gasteiger partial charge on any atom is -0.386 e. The van der Waals surface area contributed by atoms with Gasteiger partial charge in [-0.2, -0.15) is 0 Å². The van der Waals surface area contributed by atoms with Gasteiger partial charge in [-0.1, -0.05) is 45.0 Å². The van der Waals surface area contributed by atoms with Crippen molar-refractivity contribution in [1.82, 2.24) is 10.2 Å². The number of nitrogens with one attached hydrogen (secondary N) is 1. The number of guanidine groups is 1. The summed E-state index contributed by atoms with van der Waals surface area (Å²) in [6.07, 6.45) is -0.576. The summed E-state index contributed by atoms with van der Waals surface area (Å²) in [5.41, 5.74) is 2.30. The zero-order valence-corrected chi connectivity index (χ0v) is 14.1. The summed E-state index contributed by atoms with van der Waals surface area (Å²) in [6, 6.07) is 8.14. The quantitative estimate of drug-likeness (QED) is 0.662.